The molecule has 0 saturated carbocycles. The molecule has 0 aliphatic carbocycles. The molecule has 2 aromatic rings. The molecule has 2 aromatic carbocycles. The van der Waals surface area contributed by atoms with Crippen LogP contribution >= 0.6 is 11.8 Å². The van der Waals surface area contributed by atoms with Gasteiger partial charge in [0.2, 0.25) is 0 Å². The van der Waals surface area contributed by atoms with Gasteiger partial charge in [-0.3, -0.25) is 4.79 Å². The van der Waals surface area contributed by atoms with Crippen molar-refractivity contribution in [3.8, 4) is 6.07 Å². The summed E-state index contributed by atoms with van der Waals surface area (Å²) in [6.07, 6.45) is 2.45. The highest BCUT2D eigenvalue weighted by molar-refractivity contribution is 7.99. The summed E-state index contributed by atoms with van der Waals surface area (Å²) in [4.78, 5) is 14.9. The fraction of sp³-hybridized carbons (Fsp3) is 0.462. The Labute approximate surface area is 226 Å². The average molecular weight is 567 g/mol. The number of amides is 1. The first-order chi connectivity index (χ1) is 17.9. The molecule has 2 atom stereocenters. The summed E-state index contributed by atoms with van der Waals surface area (Å²) in [5, 5.41) is 12.8. The summed E-state index contributed by atoms with van der Waals surface area (Å²) in [5.74, 6) is -1.62. The molecule has 0 radical (unpaired) electrons. The van der Waals surface area contributed by atoms with Crippen LogP contribution < -0.4 is 10.0 Å². The molecule has 1 aliphatic heterocycles. The molecule has 1 saturated heterocycles. The first kappa shape index (κ1) is 29.8. The van der Waals surface area contributed by atoms with E-state index in [-0.39, 0.29) is 23.1 Å². The molecule has 0 spiro atoms. The molecule has 1 unspecified atom stereocenters. The maximum Gasteiger partial charge on any atom is 0.265 e. The van der Waals surface area contributed by atoms with E-state index in [0.29, 0.717) is 38.2 Å². The van der Waals surface area contributed by atoms with Crippen molar-refractivity contribution in [2.75, 3.05) is 38.3 Å². The van der Waals surface area contributed by atoms with E-state index in [1.165, 1.54) is 30.8 Å². The Hall–Kier alpha value is -2.72. The minimum atomic E-state index is -4.46. The Kier molecular flexibility index (Phi) is 10.1. The number of anilines is 1. The molecular weight excluding hydrogens is 534 g/mol. The number of carbonyl (C=O) groups is 1. The third-order valence-corrected chi connectivity index (χ3v) is 8.69. The molecule has 8 nitrogen and oxygen atoms in total. The van der Waals surface area contributed by atoms with Gasteiger partial charge in [-0.2, -0.15) is 5.26 Å². The minimum absolute atomic E-state index is 0.121. The zero-order valence-electron chi connectivity index (χ0n) is 21.6. The van der Waals surface area contributed by atoms with E-state index in [1.807, 2.05) is 29.8 Å². The number of halogens is 2. The second kappa shape index (κ2) is 12.9. The fourth-order valence-corrected chi connectivity index (χ4v) is 6.00. The Bertz CT molecular complexity index is 1280. The van der Waals surface area contributed by atoms with Crippen molar-refractivity contribution in [2.24, 2.45) is 0 Å². The second-order valence-corrected chi connectivity index (χ2v) is 12.4. The Morgan fingerprint density at radius 3 is 2.55 bits per heavy atom. The maximum absolute atomic E-state index is 15.3. The van der Waals surface area contributed by atoms with Crippen LogP contribution in [0.5, 0.6) is 0 Å². The number of hydrogen-bond donors (Lipinski definition) is 2. The van der Waals surface area contributed by atoms with Gasteiger partial charge >= 0.3 is 0 Å². The third kappa shape index (κ3) is 7.89. The fourth-order valence-electron chi connectivity index (χ4n) is 3.92. The molecule has 1 aliphatic rings. The van der Waals surface area contributed by atoms with Crippen LogP contribution in [0.4, 0.5) is 14.5 Å². The second-order valence-electron chi connectivity index (χ2n) is 9.61. The van der Waals surface area contributed by atoms with Gasteiger partial charge in [-0.15, -0.1) is 11.8 Å². The summed E-state index contributed by atoms with van der Waals surface area (Å²) in [6.45, 7) is 2.53. The van der Waals surface area contributed by atoms with Gasteiger partial charge in [-0.25, -0.2) is 21.9 Å². The molecular formula is C26H32F2N4O4S2. The van der Waals surface area contributed by atoms with Crippen LogP contribution in [0.25, 0.3) is 0 Å². The number of benzene rings is 2. The van der Waals surface area contributed by atoms with Gasteiger partial charge in [-0.05, 0) is 89.6 Å². The zero-order chi connectivity index (χ0) is 27.9. The van der Waals surface area contributed by atoms with Crippen LogP contribution in [0.2, 0.25) is 0 Å². The first-order valence-corrected chi connectivity index (χ1v) is 14.6. The number of sulfonamides is 1. The van der Waals surface area contributed by atoms with E-state index in [9.17, 15) is 22.9 Å². The summed E-state index contributed by atoms with van der Waals surface area (Å²) in [6, 6.07) is 9.42. The minimum Gasteiger partial charge on any atom is -0.378 e. The van der Waals surface area contributed by atoms with E-state index >= 15 is 4.39 Å². The lowest BCUT2D eigenvalue weighted by Crippen LogP contribution is -2.50. The van der Waals surface area contributed by atoms with E-state index in [2.05, 4.69) is 5.32 Å². The number of carbonyl (C=O) groups excluding carboxylic acids is 1. The van der Waals surface area contributed by atoms with Crippen LogP contribution in [-0.4, -0.2) is 63.9 Å². The van der Waals surface area contributed by atoms with Crippen LogP contribution in [-0.2, 0) is 19.6 Å². The zero-order valence-corrected chi connectivity index (χ0v) is 23.2. The van der Waals surface area contributed by atoms with Gasteiger partial charge < -0.3 is 15.0 Å². The Morgan fingerprint density at radius 1 is 1.24 bits per heavy atom. The summed E-state index contributed by atoms with van der Waals surface area (Å²) in [7, 11) is -0.656. The summed E-state index contributed by atoms with van der Waals surface area (Å²) < 4.78 is 61.8. The molecule has 1 amide bonds. The first-order valence-electron chi connectivity index (χ1n) is 12.2. The van der Waals surface area contributed by atoms with Crippen LogP contribution in [0.1, 0.15) is 38.2 Å². The number of ether oxygens (including phenoxy) is 1. The lowest BCUT2D eigenvalue weighted by atomic mass is 9.95. The Balaban J connectivity index is 1.81. The molecule has 38 heavy (non-hydrogen) atoms. The molecule has 0 aromatic heterocycles. The highest BCUT2D eigenvalue weighted by atomic mass is 32.2. The summed E-state index contributed by atoms with van der Waals surface area (Å²) >= 11 is 1.45. The number of nitrogens with zero attached hydrogens (tertiary/aromatic N) is 2. The number of nitriles is 1. The van der Waals surface area contributed by atoms with E-state index in [0.717, 1.165) is 23.4 Å². The van der Waals surface area contributed by atoms with Gasteiger partial charge in [0.25, 0.3) is 15.9 Å². The SMILES string of the molecule is CN(C)CC[C@H](CSc1ccc(F)cc1)Nc1c(F)cc(S(=O)(=O)NC(=O)C2(C)CCCCO2)cc1C#N. The predicted molar refractivity (Wildman–Crippen MR) is 142 cm³/mol. The van der Waals surface area contributed by atoms with E-state index in [4.69, 9.17) is 4.74 Å². The van der Waals surface area contributed by atoms with Gasteiger partial charge in [-0.1, -0.05) is 0 Å². The smallest absolute Gasteiger partial charge is 0.265 e. The number of nitrogens with one attached hydrogen (secondary N) is 2. The number of thioether (sulfide) groups is 1. The molecule has 1 heterocycles. The van der Waals surface area contributed by atoms with Crippen molar-refractivity contribution in [1.82, 2.24) is 9.62 Å². The van der Waals surface area contributed by atoms with Gasteiger partial charge in [0.1, 0.15) is 23.3 Å². The van der Waals surface area contributed by atoms with Crippen molar-refractivity contribution in [2.45, 2.75) is 54.0 Å². The summed E-state index contributed by atoms with van der Waals surface area (Å²) in [5.41, 5.74) is -1.63. The molecule has 1 fully saturated rings. The quantitative estimate of drug-likeness (QED) is 0.391. The monoisotopic (exact) mass is 566 g/mol. The molecule has 2 N–H and O–H groups in total. The molecule has 0 bridgehead atoms. The van der Waals surface area contributed by atoms with Crippen molar-refractivity contribution in [3.63, 3.8) is 0 Å². The van der Waals surface area contributed by atoms with Crippen LogP contribution in [0.3, 0.4) is 0 Å². The molecule has 206 valence electrons. The van der Waals surface area contributed by atoms with E-state index in [1.54, 1.807) is 12.1 Å². The van der Waals surface area contributed by atoms with Crippen LogP contribution in [0.15, 0.2) is 46.2 Å². The van der Waals surface area contributed by atoms with Crippen molar-refractivity contribution in [3.05, 3.63) is 53.6 Å². The van der Waals surface area contributed by atoms with Crippen molar-refractivity contribution in [1.29, 1.82) is 5.26 Å². The standard InChI is InChI=1S/C26H32F2N4O4S2/c1-26(11-4-5-13-36-26)25(33)31-38(34,35)22-14-18(16-29)24(23(28)15-22)30-20(10-12-32(2)3)17-37-21-8-6-19(27)7-9-21/h6-9,14-15,20,30H,4-5,10-13,17H2,1-3H3,(H,31,33)/t20-,26?/m1/s1. The number of rotatable bonds is 11. The third-order valence-electron chi connectivity index (χ3n) is 6.21. The topological polar surface area (TPSA) is 112 Å². The number of hydrogen-bond acceptors (Lipinski definition) is 8. The van der Waals surface area contributed by atoms with Crippen molar-refractivity contribution >= 4 is 33.4 Å². The highest BCUT2D eigenvalue weighted by Crippen LogP contribution is 2.29. The lowest BCUT2D eigenvalue weighted by molar-refractivity contribution is -0.148. The van der Waals surface area contributed by atoms with Crippen molar-refractivity contribution < 1.29 is 26.7 Å². The highest BCUT2D eigenvalue weighted by Gasteiger charge is 2.38. The van der Waals surface area contributed by atoms with Gasteiger partial charge in [0, 0.05) is 23.3 Å². The maximum atomic E-state index is 15.3. The predicted octanol–water partition coefficient (Wildman–Crippen LogP) is 4.13. The normalized spacial score (nSPS) is 18.6. The van der Waals surface area contributed by atoms with E-state index < -0.39 is 32.2 Å². The lowest BCUT2D eigenvalue weighted by Gasteiger charge is -2.32. The van der Waals surface area contributed by atoms with Gasteiger partial charge in [0.15, 0.2) is 0 Å². The molecule has 3 rings (SSSR count). The average Bonchev–Trinajstić information content (AvgIpc) is 2.87. The van der Waals surface area contributed by atoms with Crippen LogP contribution in [0, 0.1) is 23.0 Å². The molecule has 12 heteroatoms. The Morgan fingerprint density at radius 2 is 1.95 bits per heavy atom. The largest absolute Gasteiger partial charge is 0.378 e. The van der Waals surface area contributed by atoms with Gasteiger partial charge in [0.05, 0.1) is 16.1 Å².